The fourth-order valence-corrected chi connectivity index (χ4v) is 4.69. The minimum Gasteiger partial charge on any atom is -0.314 e. The molecule has 0 aromatic rings. The van der Waals surface area contributed by atoms with Crippen molar-refractivity contribution >= 4 is 11.8 Å². The third-order valence-corrected chi connectivity index (χ3v) is 5.57. The molecule has 2 aliphatic carbocycles. The zero-order chi connectivity index (χ0) is 14.1. The van der Waals surface area contributed by atoms with E-state index in [1.54, 1.807) is 0 Å². The molecule has 2 saturated carbocycles. The van der Waals surface area contributed by atoms with Gasteiger partial charge < -0.3 is 5.32 Å². The van der Waals surface area contributed by atoms with E-state index >= 15 is 0 Å². The molecule has 0 amide bonds. The van der Waals surface area contributed by atoms with Crippen molar-refractivity contribution in [2.24, 2.45) is 17.3 Å². The highest BCUT2D eigenvalue weighted by atomic mass is 32.2. The van der Waals surface area contributed by atoms with Gasteiger partial charge in [0.05, 0.1) is 0 Å². The number of alkyl halides is 3. The molecule has 1 N–H and O–H groups in total. The van der Waals surface area contributed by atoms with Crippen LogP contribution < -0.4 is 5.32 Å². The quantitative estimate of drug-likeness (QED) is 0.778. The minimum atomic E-state index is -4.08. The molecule has 0 radical (unpaired) electrons. The molecule has 0 spiro atoms. The smallest absolute Gasteiger partial charge is 0.314 e. The second-order valence-corrected chi connectivity index (χ2v) is 7.68. The topological polar surface area (TPSA) is 12.0 Å². The normalized spacial score (nSPS) is 34.4. The second-order valence-electron chi connectivity index (χ2n) is 6.52. The second kappa shape index (κ2) is 5.84. The Hall–Kier alpha value is 0.100. The maximum Gasteiger partial charge on any atom is 0.441 e. The molecule has 2 aliphatic rings. The predicted octanol–water partition coefficient (Wildman–Crippen LogP) is 4.43. The summed E-state index contributed by atoms with van der Waals surface area (Å²) in [5.41, 5.74) is -3.95. The van der Waals surface area contributed by atoms with E-state index in [0.717, 1.165) is 18.9 Å². The molecule has 1 nitrogen and oxygen atoms in total. The van der Waals surface area contributed by atoms with Gasteiger partial charge in [0.1, 0.15) is 0 Å². The molecule has 0 aromatic carbocycles. The first kappa shape index (κ1) is 15.5. The Kier molecular flexibility index (Phi) is 4.76. The fourth-order valence-electron chi connectivity index (χ4n) is 3.95. The molecule has 3 atom stereocenters. The highest BCUT2D eigenvalue weighted by molar-refractivity contribution is 8.00. The van der Waals surface area contributed by atoms with Crippen LogP contribution in [0.25, 0.3) is 0 Å². The van der Waals surface area contributed by atoms with Crippen molar-refractivity contribution < 1.29 is 13.2 Å². The maximum atomic E-state index is 12.3. The molecule has 5 heteroatoms. The number of fused-ring (bicyclic) bond motifs is 2. The van der Waals surface area contributed by atoms with Gasteiger partial charge in [-0.25, -0.2) is 0 Å². The van der Waals surface area contributed by atoms with Crippen LogP contribution in [0.5, 0.6) is 0 Å². The maximum absolute atomic E-state index is 12.3. The summed E-state index contributed by atoms with van der Waals surface area (Å²) in [6.45, 7) is 5.10. The lowest BCUT2D eigenvalue weighted by Crippen LogP contribution is -2.41. The van der Waals surface area contributed by atoms with Crippen LogP contribution in [0.4, 0.5) is 13.2 Å². The van der Waals surface area contributed by atoms with Crippen LogP contribution in [0.2, 0.25) is 0 Å². The van der Waals surface area contributed by atoms with Crippen LogP contribution in [0.1, 0.15) is 46.0 Å². The molecule has 2 rings (SSSR count). The van der Waals surface area contributed by atoms with E-state index in [1.165, 1.54) is 19.3 Å². The molecule has 0 aromatic heterocycles. The first-order valence-electron chi connectivity index (χ1n) is 7.25. The number of hydrogen-bond donors (Lipinski definition) is 1. The summed E-state index contributed by atoms with van der Waals surface area (Å²) in [4.78, 5) is 0. The highest BCUT2D eigenvalue weighted by Gasteiger charge is 2.50. The summed E-state index contributed by atoms with van der Waals surface area (Å²) >= 11 is 0.153. The first-order valence-corrected chi connectivity index (χ1v) is 8.23. The van der Waals surface area contributed by atoms with Crippen molar-refractivity contribution in [2.75, 3.05) is 12.3 Å². The minimum absolute atomic E-state index is 0.130. The largest absolute Gasteiger partial charge is 0.441 e. The van der Waals surface area contributed by atoms with Gasteiger partial charge in [-0.2, -0.15) is 13.2 Å². The van der Waals surface area contributed by atoms with Gasteiger partial charge in [-0.1, -0.05) is 32.0 Å². The Bertz CT molecular complexity index is 306. The summed E-state index contributed by atoms with van der Waals surface area (Å²) in [7, 11) is 0. The number of hydrogen-bond acceptors (Lipinski definition) is 2. The average molecular weight is 295 g/mol. The lowest BCUT2D eigenvalue weighted by molar-refractivity contribution is -0.0330. The van der Waals surface area contributed by atoms with E-state index in [4.69, 9.17) is 0 Å². The molecule has 3 unspecified atom stereocenters. The van der Waals surface area contributed by atoms with Gasteiger partial charge >= 0.3 is 5.51 Å². The van der Waals surface area contributed by atoms with Crippen molar-refractivity contribution in [1.29, 1.82) is 0 Å². The zero-order valence-electron chi connectivity index (χ0n) is 11.7. The molecule has 2 fully saturated rings. The zero-order valence-corrected chi connectivity index (χ0v) is 12.5. The van der Waals surface area contributed by atoms with Crippen molar-refractivity contribution in [1.82, 2.24) is 5.32 Å². The number of thioether (sulfide) groups is 1. The summed E-state index contributed by atoms with van der Waals surface area (Å²) in [6.07, 6.45) is 5.60. The summed E-state index contributed by atoms with van der Waals surface area (Å²) in [5, 5.41) is 3.47. The molecule has 112 valence electrons. The van der Waals surface area contributed by atoms with E-state index in [-0.39, 0.29) is 22.9 Å². The van der Waals surface area contributed by atoms with Crippen LogP contribution in [0.3, 0.4) is 0 Å². The van der Waals surface area contributed by atoms with Crippen molar-refractivity contribution in [3.63, 3.8) is 0 Å². The number of rotatable bonds is 6. The standard InChI is InChI=1S/C14H24F3NS/c1-10(2)18-9-13(5-6-19-14(15,16)17)8-11-3-4-12(13)7-11/h10-12,18H,3-9H2,1-2H3. The van der Waals surface area contributed by atoms with E-state index < -0.39 is 5.51 Å². The van der Waals surface area contributed by atoms with Crippen molar-refractivity contribution in [2.45, 2.75) is 57.5 Å². The van der Waals surface area contributed by atoms with Crippen LogP contribution >= 0.6 is 11.8 Å². The van der Waals surface area contributed by atoms with E-state index in [2.05, 4.69) is 19.2 Å². The van der Waals surface area contributed by atoms with Gasteiger partial charge in [0, 0.05) is 18.3 Å². The van der Waals surface area contributed by atoms with Crippen LogP contribution in [-0.4, -0.2) is 23.8 Å². The molecular formula is C14H24F3NS. The predicted molar refractivity (Wildman–Crippen MR) is 74.1 cm³/mol. The lowest BCUT2D eigenvalue weighted by Gasteiger charge is -2.39. The summed E-state index contributed by atoms with van der Waals surface area (Å²) < 4.78 is 36.9. The van der Waals surface area contributed by atoms with E-state index in [0.29, 0.717) is 18.4 Å². The van der Waals surface area contributed by atoms with Crippen molar-refractivity contribution in [3.05, 3.63) is 0 Å². The Morgan fingerprint density at radius 3 is 2.53 bits per heavy atom. The van der Waals surface area contributed by atoms with E-state index in [9.17, 15) is 13.2 Å². The fraction of sp³-hybridized carbons (Fsp3) is 1.00. The van der Waals surface area contributed by atoms with Gasteiger partial charge in [-0.05, 0) is 42.9 Å². The first-order chi connectivity index (χ1) is 8.81. The number of nitrogens with one attached hydrogen (secondary N) is 1. The van der Waals surface area contributed by atoms with Gasteiger partial charge in [-0.15, -0.1) is 0 Å². The molecule has 0 aliphatic heterocycles. The van der Waals surface area contributed by atoms with Crippen molar-refractivity contribution in [3.8, 4) is 0 Å². The van der Waals surface area contributed by atoms with Gasteiger partial charge in [0.15, 0.2) is 0 Å². The highest BCUT2D eigenvalue weighted by Crippen LogP contribution is 2.57. The van der Waals surface area contributed by atoms with Gasteiger partial charge in [-0.3, -0.25) is 0 Å². The SMILES string of the molecule is CC(C)NCC1(CCSC(F)(F)F)CC2CCC1C2. The third kappa shape index (κ3) is 4.03. The monoisotopic (exact) mass is 295 g/mol. The third-order valence-electron chi connectivity index (χ3n) is 4.83. The summed E-state index contributed by atoms with van der Waals surface area (Å²) in [6, 6.07) is 0.409. The Morgan fingerprint density at radius 1 is 1.32 bits per heavy atom. The molecule has 19 heavy (non-hydrogen) atoms. The molecular weight excluding hydrogens is 271 g/mol. The van der Waals surface area contributed by atoms with Gasteiger partial charge in [0.25, 0.3) is 0 Å². The molecule has 0 heterocycles. The van der Waals surface area contributed by atoms with E-state index in [1.807, 2.05) is 0 Å². The summed E-state index contributed by atoms with van der Waals surface area (Å²) in [5.74, 6) is 1.64. The van der Waals surface area contributed by atoms with Crippen LogP contribution in [0.15, 0.2) is 0 Å². The Morgan fingerprint density at radius 2 is 2.05 bits per heavy atom. The van der Waals surface area contributed by atoms with Gasteiger partial charge in [0.2, 0.25) is 0 Å². The number of halogens is 3. The van der Waals surface area contributed by atoms with Crippen LogP contribution in [-0.2, 0) is 0 Å². The Balaban J connectivity index is 1.91. The van der Waals surface area contributed by atoms with Crippen LogP contribution in [0, 0.1) is 17.3 Å². The molecule has 2 bridgehead atoms. The average Bonchev–Trinajstić information content (AvgIpc) is 2.85. The molecule has 0 saturated heterocycles. The lowest BCUT2D eigenvalue weighted by atomic mass is 9.71. The Labute approximate surface area is 118 Å².